The SMILES string of the molecule is CCCCCCCCCCCCC1CCc2c(c3ccc(Br)cc3n2-c2ccc(-c3ccc(-n4c5c(c6ccc(Br)cc64)CC(CCCCCCCCCCCC)CC5)cc3)cc2)C1. The van der Waals surface area contributed by atoms with Crippen molar-refractivity contribution in [1.29, 1.82) is 0 Å². The third kappa shape index (κ3) is 11.9. The molecule has 8 rings (SSSR count). The fraction of sp³-hybridized carbons (Fsp3) is 0.533. The second-order valence-corrected chi connectivity index (χ2v) is 21.9. The maximum Gasteiger partial charge on any atom is 0.0545 e. The Morgan fingerprint density at radius 1 is 0.422 bits per heavy atom. The van der Waals surface area contributed by atoms with Gasteiger partial charge in [-0.25, -0.2) is 0 Å². The monoisotopic (exact) mass is 984 g/mol. The molecule has 2 unspecified atom stereocenters. The molecule has 2 aliphatic rings. The van der Waals surface area contributed by atoms with Crippen molar-refractivity contribution in [3.8, 4) is 22.5 Å². The number of fused-ring (bicyclic) bond motifs is 6. The van der Waals surface area contributed by atoms with Crippen molar-refractivity contribution in [2.75, 3.05) is 0 Å². The number of hydrogen-bond acceptors (Lipinski definition) is 0. The lowest BCUT2D eigenvalue weighted by atomic mass is 9.83. The standard InChI is InChI=1S/C60H78Br2N2/c1-3-5-7-9-11-13-15-17-19-21-23-45-25-39-57-55(41-45)53-37-31-49(61)43-59(53)63(57)51-33-27-47(28-34-51)48-29-35-52(36-30-48)64-58-40-26-46(24-22-20-18-16-14-12-10-8-6-4-2)42-56(58)54-38-32-50(62)44-60(54)64/h27-38,43-46H,3-26,39-42H2,1-2H3. The van der Waals surface area contributed by atoms with Crippen LogP contribution >= 0.6 is 31.9 Å². The first-order chi connectivity index (χ1) is 31.5. The van der Waals surface area contributed by atoms with Crippen molar-refractivity contribution in [2.24, 2.45) is 11.8 Å². The summed E-state index contributed by atoms with van der Waals surface area (Å²) in [5, 5.41) is 2.89. The van der Waals surface area contributed by atoms with E-state index >= 15 is 0 Å². The lowest BCUT2D eigenvalue weighted by Gasteiger charge is -2.24. The van der Waals surface area contributed by atoms with Gasteiger partial charge in [0.2, 0.25) is 0 Å². The van der Waals surface area contributed by atoms with Crippen molar-refractivity contribution in [2.45, 2.75) is 194 Å². The number of aromatic nitrogens is 2. The molecule has 2 aliphatic carbocycles. The molecular weight excluding hydrogens is 908 g/mol. The molecule has 6 aromatic rings. The maximum absolute atomic E-state index is 3.83. The van der Waals surface area contributed by atoms with E-state index in [0.29, 0.717) is 0 Å². The van der Waals surface area contributed by atoms with Gasteiger partial charge in [-0.05, 0) is 121 Å². The summed E-state index contributed by atoms with van der Waals surface area (Å²) >= 11 is 7.66. The van der Waals surface area contributed by atoms with E-state index in [4.69, 9.17) is 0 Å². The third-order valence-corrected chi connectivity index (χ3v) is 16.4. The van der Waals surface area contributed by atoms with E-state index in [2.05, 4.69) is 140 Å². The summed E-state index contributed by atoms with van der Waals surface area (Å²) in [4.78, 5) is 0. The lowest BCUT2D eigenvalue weighted by molar-refractivity contribution is 0.401. The average molecular weight is 987 g/mol. The largest absolute Gasteiger partial charge is 0.313 e. The van der Waals surface area contributed by atoms with Gasteiger partial charge in [0.15, 0.2) is 0 Å². The van der Waals surface area contributed by atoms with Gasteiger partial charge in [0.05, 0.1) is 11.0 Å². The quantitative estimate of drug-likeness (QED) is 0.0506. The summed E-state index contributed by atoms with van der Waals surface area (Å²) < 4.78 is 7.48. The fourth-order valence-corrected chi connectivity index (χ4v) is 12.4. The number of unbranched alkanes of at least 4 members (excludes halogenated alkanes) is 18. The van der Waals surface area contributed by atoms with Crippen LogP contribution in [-0.4, -0.2) is 9.13 Å². The molecule has 4 heteroatoms. The second kappa shape index (κ2) is 24.1. The van der Waals surface area contributed by atoms with Gasteiger partial charge in [-0.2, -0.15) is 0 Å². The van der Waals surface area contributed by atoms with E-state index in [-0.39, 0.29) is 0 Å². The van der Waals surface area contributed by atoms with E-state index in [1.165, 1.54) is 235 Å². The average Bonchev–Trinajstić information content (AvgIpc) is 3.81. The summed E-state index contributed by atoms with van der Waals surface area (Å²) in [7, 11) is 0. The van der Waals surface area contributed by atoms with E-state index in [1.807, 2.05) is 0 Å². The molecule has 4 aromatic carbocycles. The van der Waals surface area contributed by atoms with Crippen molar-refractivity contribution in [1.82, 2.24) is 9.13 Å². The molecule has 0 bridgehead atoms. The zero-order chi connectivity index (χ0) is 44.1. The Hall–Kier alpha value is -3.08. The topological polar surface area (TPSA) is 9.86 Å². The van der Waals surface area contributed by atoms with Gasteiger partial charge in [-0.1, -0.05) is 223 Å². The van der Waals surface area contributed by atoms with Crippen LogP contribution in [0.4, 0.5) is 0 Å². The van der Waals surface area contributed by atoms with Gasteiger partial charge in [-0.15, -0.1) is 0 Å². The van der Waals surface area contributed by atoms with Crippen LogP contribution in [0.3, 0.4) is 0 Å². The van der Waals surface area contributed by atoms with Gasteiger partial charge in [0.1, 0.15) is 0 Å². The first-order valence-electron chi connectivity index (χ1n) is 26.4. The van der Waals surface area contributed by atoms with Gasteiger partial charge < -0.3 is 9.13 Å². The van der Waals surface area contributed by atoms with Crippen LogP contribution in [-0.2, 0) is 25.7 Å². The van der Waals surface area contributed by atoms with Crippen LogP contribution < -0.4 is 0 Å². The molecule has 2 nitrogen and oxygen atoms in total. The predicted octanol–water partition coefficient (Wildman–Crippen LogP) is 19.6. The highest BCUT2D eigenvalue weighted by atomic mass is 79.9. The van der Waals surface area contributed by atoms with Crippen molar-refractivity contribution in [3.63, 3.8) is 0 Å². The molecule has 0 saturated carbocycles. The zero-order valence-electron chi connectivity index (χ0n) is 39.7. The van der Waals surface area contributed by atoms with Gasteiger partial charge in [0.25, 0.3) is 0 Å². The Balaban J connectivity index is 0.905. The van der Waals surface area contributed by atoms with Gasteiger partial charge in [0, 0.05) is 42.5 Å². The predicted molar refractivity (Wildman–Crippen MR) is 285 cm³/mol. The number of halogens is 2. The first-order valence-corrected chi connectivity index (χ1v) is 28.0. The molecule has 0 saturated heterocycles. The highest BCUT2D eigenvalue weighted by Crippen LogP contribution is 2.41. The first kappa shape index (κ1) is 47.4. The molecule has 2 aromatic heterocycles. The normalized spacial score (nSPS) is 16.2. The molecule has 342 valence electrons. The Kier molecular flexibility index (Phi) is 17.8. The highest BCUT2D eigenvalue weighted by molar-refractivity contribution is 9.10. The third-order valence-electron chi connectivity index (χ3n) is 15.4. The maximum atomic E-state index is 3.83. The zero-order valence-corrected chi connectivity index (χ0v) is 42.9. The summed E-state index contributed by atoms with van der Waals surface area (Å²) in [6, 6.07) is 32.7. The van der Waals surface area contributed by atoms with Crippen LogP contribution in [0.1, 0.15) is 190 Å². The second-order valence-electron chi connectivity index (χ2n) is 20.1. The molecule has 64 heavy (non-hydrogen) atoms. The molecule has 0 radical (unpaired) electrons. The number of nitrogens with zero attached hydrogens (tertiary/aromatic N) is 2. The molecule has 0 amide bonds. The van der Waals surface area contributed by atoms with Gasteiger partial charge >= 0.3 is 0 Å². The Bertz CT molecular complexity index is 2190. The molecule has 0 fully saturated rings. The number of rotatable bonds is 25. The van der Waals surface area contributed by atoms with Gasteiger partial charge in [-0.3, -0.25) is 0 Å². The van der Waals surface area contributed by atoms with Crippen LogP contribution in [0.25, 0.3) is 44.3 Å². The summed E-state index contributed by atoms with van der Waals surface area (Å²) in [5.74, 6) is 1.62. The number of hydrogen-bond donors (Lipinski definition) is 0. The molecular formula is C60H78Br2N2. The summed E-state index contributed by atoms with van der Waals surface area (Å²) in [5.41, 5.74) is 14.0. The van der Waals surface area contributed by atoms with E-state index < -0.39 is 0 Å². The molecule has 2 heterocycles. The summed E-state index contributed by atoms with van der Waals surface area (Å²) in [6.45, 7) is 4.62. The van der Waals surface area contributed by atoms with Crippen LogP contribution in [0, 0.1) is 11.8 Å². The van der Waals surface area contributed by atoms with Crippen molar-refractivity contribution in [3.05, 3.63) is 116 Å². The lowest BCUT2D eigenvalue weighted by Crippen LogP contribution is -2.16. The molecule has 2 atom stereocenters. The minimum Gasteiger partial charge on any atom is -0.313 e. The summed E-state index contributed by atoms with van der Waals surface area (Å²) in [6.07, 6.45) is 38.5. The fourth-order valence-electron chi connectivity index (χ4n) is 11.7. The van der Waals surface area contributed by atoms with Crippen molar-refractivity contribution < 1.29 is 0 Å². The molecule has 0 aliphatic heterocycles. The number of benzene rings is 4. The molecule has 0 spiro atoms. The van der Waals surface area contributed by atoms with Crippen LogP contribution in [0.5, 0.6) is 0 Å². The van der Waals surface area contributed by atoms with Crippen molar-refractivity contribution >= 4 is 53.7 Å². The van der Waals surface area contributed by atoms with Crippen LogP contribution in [0.15, 0.2) is 93.9 Å². The minimum absolute atomic E-state index is 0.808. The molecule has 0 N–H and O–H groups in total. The Morgan fingerprint density at radius 3 is 1.12 bits per heavy atom. The van der Waals surface area contributed by atoms with Crippen LogP contribution in [0.2, 0.25) is 0 Å². The highest BCUT2D eigenvalue weighted by Gasteiger charge is 2.28. The smallest absolute Gasteiger partial charge is 0.0545 e. The minimum atomic E-state index is 0.808. The van der Waals surface area contributed by atoms with E-state index in [1.54, 1.807) is 11.1 Å². The Labute approximate surface area is 404 Å². The van der Waals surface area contributed by atoms with E-state index in [9.17, 15) is 0 Å². The van der Waals surface area contributed by atoms with E-state index in [0.717, 1.165) is 20.8 Å². The Morgan fingerprint density at radius 2 is 0.766 bits per heavy atom.